The third kappa shape index (κ3) is 5.13. The van der Waals surface area contributed by atoms with Crippen LogP contribution in [-0.2, 0) is 11.3 Å². The molecule has 0 heterocycles. The molecule has 0 aliphatic heterocycles. The summed E-state index contributed by atoms with van der Waals surface area (Å²) in [7, 11) is 1.42. The Morgan fingerprint density at radius 3 is 2.59 bits per heavy atom. The molecule has 0 spiro atoms. The van der Waals surface area contributed by atoms with Gasteiger partial charge in [0.1, 0.15) is 5.75 Å². The first kappa shape index (κ1) is 23.5. The van der Waals surface area contributed by atoms with Gasteiger partial charge in [-0.1, -0.05) is 48.5 Å². The molecule has 0 radical (unpaired) electrons. The average molecular weight is 454 g/mol. The number of carbonyl (C=O) groups is 1. The number of benzene rings is 4. The highest BCUT2D eigenvalue weighted by molar-refractivity contribution is 5.99. The number of rotatable bonds is 8. The SMILES string of the molecule is CCOc1cccc([C@@H](C)NCc2cc(-c3ccc(C)c(C(=O)OC)c3)c3ccccc3c2)c1. The second-order valence-corrected chi connectivity index (χ2v) is 8.49. The molecule has 0 unspecified atom stereocenters. The zero-order valence-electron chi connectivity index (χ0n) is 20.2. The normalized spacial score (nSPS) is 11.9. The molecular weight excluding hydrogens is 422 g/mol. The van der Waals surface area contributed by atoms with E-state index in [1.54, 1.807) is 0 Å². The summed E-state index contributed by atoms with van der Waals surface area (Å²) >= 11 is 0. The average Bonchev–Trinajstić information content (AvgIpc) is 2.87. The van der Waals surface area contributed by atoms with Crippen LogP contribution in [-0.4, -0.2) is 19.7 Å². The number of carbonyl (C=O) groups excluding carboxylic acids is 1. The van der Waals surface area contributed by atoms with E-state index in [9.17, 15) is 4.79 Å². The van der Waals surface area contributed by atoms with Gasteiger partial charge in [-0.3, -0.25) is 0 Å². The van der Waals surface area contributed by atoms with Crippen LogP contribution in [0.5, 0.6) is 5.75 Å². The first-order chi connectivity index (χ1) is 16.5. The Labute approximate surface area is 201 Å². The molecule has 4 aromatic carbocycles. The molecule has 4 rings (SSSR count). The summed E-state index contributed by atoms with van der Waals surface area (Å²) in [5, 5.41) is 5.97. The molecule has 4 nitrogen and oxygen atoms in total. The summed E-state index contributed by atoms with van der Waals surface area (Å²) in [6.07, 6.45) is 0. The van der Waals surface area contributed by atoms with E-state index < -0.39 is 0 Å². The lowest BCUT2D eigenvalue weighted by molar-refractivity contribution is 0.0600. The Kier molecular flexibility index (Phi) is 7.29. The van der Waals surface area contributed by atoms with E-state index >= 15 is 0 Å². The molecule has 34 heavy (non-hydrogen) atoms. The van der Waals surface area contributed by atoms with Gasteiger partial charge in [0.25, 0.3) is 0 Å². The van der Waals surface area contributed by atoms with E-state index in [1.807, 2.05) is 44.2 Å². The number of aryl methyl sites for hydroxylation is 1. The summed E-state index contributed by atoms with van der Waals surface area (Å²) in [5.74, 6) is 0.576. The highest BCUT2D eigenvalue weighted by Crippen LogP contribution is 2.32. The number of fused-ring (bicyclic) bond motifs is 1. The maximum atomic E-state index is 12.3. The van der Waals surface area contributed by atoms with Crippen molar-refractivity contribution in [3.8, 4) is 16.9 Å². The summed E-state index contributed by atoms with van der Waals surface area (Å²) in [6.45, 7) is 7.45. The van der Waals surface area contributed by atoms with Crippen molar-refractivity contribution >= 4 is 16.7 Å². The maximum Gasteiger partial charge on any atom is 0.338 e. The monoisotopic (exact) mass is 453 g/mol. The van der Waals surface area contributed by atoms with Crippen molar-refractivity contribution in [3.63, 3.8) is 0 Å². The van der Waals surface area contributed by atoms with Crippen LogP contribution in [0.2, 0.25) is 0 Å². The highest BCUT2D eigenvalue weighted by Gasteiger charge is 2.14. The Morgan fingerprint density at radius 1 is 0.971 bits per heavy atom. The van der Waals surface area contributed by atoms with Gasteiger partial charge in [-0.15, -0.1) is 0 Å². The predicted molar refractivity (Wildman–Crippen MR) is 138 cm³/mol. The van der Waals surface area contributed by atoms with Crippen LogP contribution >= 0.6 is 0 Å². The van der Waals surface area contributed by atoms with Gasteiger partial charge in [0.15, 0.2) is 0 Å². The molecule has 0 aliphatic rings. The van der Waals surface area contributed by atoms with E-state index in [-0.39, 0.29) is 12.0 Å². The molecule has 0 saturated carbocycles. The first-order valence-corrected chi connectivity index (χ1v) is 11.7. The van der Waals surface area contributed by atoms with E-state index in [1.165, 1.54) is 23.6 Å². The lowest BCUT2D eigenvalue weighted by atomic mass is 9.93. The standard InChI is InChI=1S/C30H31NO3/c1-5-34-26-11-8-10-23(17-26)21(3)31-19-22-15-24-9-6-7-12-27(24)29(16-22)25-14-13-20(2)28(18-25)30(32)33-4/h6-18,21,31H,5,19H2,1-4H3/t21-/m1/s1. The van der Waals surface area contributed by atoms with Crippen LogP contribution in [0.1, 0.15) is 46.9 Å². The fraction of sp³-hybridized carbons (Fsp3) is 0.233. The quantitative estimate of drug-likeness (QED) is 0.296. The van der Waals surface area contributed by atoms with Crippen molar-refractivity contribution in [2.24, 2.45) is 0 Å². The molecule has 1 N–H and O–H groups in total. The van der Waals surface area contributed by atoms with Crippen LogP contribution in [0.25, 0.3) is 21.9 Å². The van der Waals surface area contributed by atoms with Gasteiger partial charge in [0.05, 0.1) is 19.3 Å². The van der Waals surface area contributed by atoms with Gasteiger partial charge in [-0.25, -0.2) is 4.79 Å². The predicted octanol–water partition coefficient (Wildman–Crippen LogP) is 6.85. The van der Waals surface area contributed by atoms with Crippen LogP contribution in [0, 0.1) is 6.92 Å². The fourth-order valence-corrected chi connectivity index (χ4v) is 4.26. The molecule has 174 valence electrons. The second kappa shape index (κ2) is 10.5. The molecule has 4 aromatic rings. The number of hydrogen-bond donors (Lipinski definition) is 1. The molecular formula is C30H31NO3. The Hall–Kier alpha value is -3.63. The number of hydrogen-bond acceptors (Lipinski definition) is 4. The smallest absolute Gasteiger partial charge is 0.338 e. The zero-order valence-corrected chi connectivity index (χ0v) is 20.2. The molecule has 0 amide bonds. The molecule has 4 heteroatoms. The Balaban J connectivity index is 1.66. The largest absolute Gasteiger partial charge is 0.494 e. The number of ether oxygens (including phenoxy) is 2. The van der Waals surface area contributed by atoms with E-state index in [4.69, 9.17) is 9.47 Å². The molecule has 0 aromatic heterocycles. The maximum absolute atomic E-state index is 12.3. The fourth-order valence-electron chi connectivity index (χ4n) is 4.26. The van der Waals surface area contributed by atoms with Gasteiger partial charge >= 0.3 is 5.97 Å². The van der Waals surface area contributed by atoms with Crippen molar-refractivity contribution in [2.45, 2.75) is 33.4 Å². The van der Waals surface area contributed by atoms with Crippen LogP contribution < -0.4 is 10.1 Å². The van der Waals surface area contributed by atoms with E-state index in [0.717, 1.165) is 27.8 Å². The van der Waals surface area contributed by atoms with Gasteiger partial charge in [0, 0.05) is 12.6 Å². The van der Waals surface area contributed by atoms with Gasteiger partial charge in [-0.2, -0.15) is 0 Å². The van der Waals surface area contributed by atoms with Crippen molar-refractivity contribution < 1.29 is 14.3 Å². The zero-order chi connectivity index (χ0) is 24.1. The summed E-state index contributed by atoms with van der Waals surface area (Å²) in [6, 6.07) is 27.2. The third-order valence-electron chi connectivity index (χ3n) is 6.16. The first-order valence-electron chi connectivity index (χ1n) is 11.7. The van der Waals surface area contributed by atoms with E-state index in [0.29, 0.717) is 18.7 Å². The lowest BCUT2D eigenvalue weighted by Crippen LogP contribution is -2.18. The number of nitrogens with one attached hydrogen (secondary N) is 1. The molecule has 0 saturated heterocycles. The number of esters is 1. The molecule has 0 bridgehead atoms. The summed E-state index contributed by atoms with van der Waals surface area (Å²) < 4.78 is 10.6. The van der Waals surface area contributed by atoms with Gasteiger partial charge < -0.3 is 14.8 Å². The minimum atomic E-state index is -0.315. The highest BCUT2D eigenvalue weighted by atomic mass is 16.5. The van der Waals surface area contributed by atoms with Crippen LogP contribution in [0.3, 0.4) is 0 Å². The van der Waals surface area contributed by atoms with Crippen molar-refractivity contribution in [1.82, 2.24) is 5.32 Å². The van der Waals surface area contributed by atoms with Gasteiger partial charge in [-0.05, 0) is 89.7 Å². The van der Waals surface area contributed by atoms with Crippen molar-refractivity contribution in [1.29, 1.82) is 0 Å². The lowest BCUT2D eigenvalue weighted by Gasteiger charge is -2.17. The van der Waals surface area contributed by atoms with E-state index in [2.05, 4.69) is 60.8 Å². The van der Waals surface area contributed by atoms with Crippen molar-refractivity contribution in [2.75, 3.05) is 13.7 Å². The Bertz CT molecular complexity index is 1310. The molecule has 0 fully saturated rings. The molecule has 1 atom stereocenters. The van der Waals surface area contributed by atoms with Crippen LogP contribution in [0.4, 0.5) is 0 Å². The topological polar surface area (TPSA) is 47.6 Å². The minimum Gasteiger partial charge on any atom is -0.494 e. The number of methoxy groups -OCH3 is 1. The third-order valence-corrected chi connectivity index (χ3v) is 6.16. The van der Waals surface area contributed by atoms with Gasteiger partial charge in [0.2, 0.25) is 0 Å². The minimum absolute atomic E-state index is 0.167. The molecule has 0 aliphatic carbocycles. The Morgan fingerprint density at radius 2 is 1.79 bits per heavy atom. The van der Waals surface area contributed by atoms with Crippen molar-refractivity contribution in [3.05, 3.63) is 101 Å². The summed E-state index contributed by atoms with van der Waals surface area (Å²) in [4.78, 5) is 12.3. The second-order valence-electron chi connectivity index (χ2n) is 8.49. The van der Waals surface area contributed by atoms with Crippen LogP contribution in [0.15, 0.2) is 78.9 Å². The summed E-state index contributed by atoms with van der Waals surface area (Å²) in [5.41, 5.74) is 5.97.